The van der Waals surface area contributed by atoms with Gasteiger partial charge in [0.05, 0.1) is 0 Å². The van der Waals surface area contributed by atoms with E-state index in [4.69, 9.17) is 4.74 Å². The standard InChI is InChI=1S/C32H47N3O4/c1-8-9-10-14-21-35(28(29(36)33-23(2)3)26-19-17-24(4)18-20-26)30(37)27(22-25-15-12-11-13-16-25)34-31(38)39-32(5,6)7/h11-13,15-20,23,27-28H,8-10,14,21-22H2,1-7H3,(H,33,36)(H,34,38). The van der Waals surface area contributed by atoms with Crippen molar-refractivity contribution >= 4 is 17.9 Å². The lowest BCUT2D eigenvalue weighted by molar-refractivity contribution is -0.142. The average molecular weight is 538 g/mol. The zero-order valence-corrected chi connectivity index (χ0v) is 24.8. The molecule has 2 aromatic carbocycles. The van der Waals surface area contributed by atoms with Gasteiger partial charge in [0.2, 0.25) is 11.8 Å². The maximum atomic E-state index is 14.4. The van der Waals surface area contributed by atoms with Crippen molar-refractivity contribution in [3.8, 4) is 0 Å². The van der Waals surface area contributed by atoms with Crippen LogP contribution in [-0.2, 0) is 20.7 Å². The SMILES string of the molecule is CCCCCCN(C(=O)C(Cc1ccccc1)NC(=O)OC(C)(C)C)C(C(=O)NC(C)C)c1ccc(C)cc1. The summed E-state index contributed by atoms with van der Waals surface area (Å²) >= 11 is 0. The van der Waals surface area contributed by atoms with Gasteiger partial charge in [0.1, 0.15) is 17.7 Å². The Hall–Kier alpha value is -3.35. The van der Waals surface area contributed by atoms with Crippen molar-refractivity contribution in [2.45, 2.75) is 104 Å². The van der Waals surface area contributed by atoms with Crippen molar-refractivity contribution in [3.63, 3.8) is 0 Å². The van der Waals surface area contributed by atoms with Gasteiger partial charge in [-0.3, -0.25) is 9.59 Å². The molecule has 0 fully saturated rings. The van der Waals surface area contributed by atoms with Gasteiger partial charge in [-0.15, -0.1) is 0 Å². The van der Waals surface area contributed by atoms with E-state index < -0.39 is 23.8 Å². The molecule has 0 aliphatic rings. The van der Waals surface area contributed by atoms with E-state index in [1.165, 1.54) is 0 Å². The van der Waals surface area contributed by atoms with E-state index in [2.05, 4.69) is 17.6 Å². The Morgan fingerprint density at radius 1 is 0.897 bits per heavy atom. The van der Waals surface area contributed by atoms with Crippen LogP contribution in [0.5, 0.6) is 0 Å². The molecule has 3 amide bonds. The third-order valence-corrected chi connectivity index (χ3v) is 6.19. The molecule has 39 heavy (non-hydrogen) atoms. The van der Waals surface area contributed by atoms with Crippen LogP contribution in [0.4, 0.5) is 4.79 Å². The quantitative estimate of drug-likeness (QED) is 0.302. The molecule has 0 saturated carbocycles. The second kappa shape index (κ2) is 15.3. The molecule has 0 aliphatic carbocycles. The monoisotopic (exact) mass is 537 g/mol. The number of rotatable bonds is 13. The van der Waals surface area contributed by atoms with Crippen LogP contribution < -0.4 is 10.6 Å². The van der Waals surface area contributed by atoms with E-state index in [-0.39, 0.29) is 24.3 Å². The van der Waals surface area contributed by atoms with E-state index in [0.29, 0.717) is 6.54 Å². The summed E-state index contributed by atoms with van der Waals surface area (Å²) in [4.78, 5) is 42.5. The highest BCUT2D eigenvalue weighted by Crippen LogP contribution is 2.25. The number of nitrogens with zero attached hydrogens (tertiary/aromatic N) is 1. The van der Waals surface area contributed by atoms with Gasteiger partial charge in [-0.2, -0.15) is 0 Å². The average Bonchev–Trinajstić information content (AvgIpc) is 2.85. The highest BCUT2D eigenvalue weighted by atomic mass is 16.6. The summed E-state index contributed by atoms with van der Waals surface area (Å²) in [5.41, 5.74) is 1.98. The Morgan fingerprint density at radius 3 is 2.10 bits per heavy atom. The fraction of sp³-hybridized carbons (Fsp3) is 0.531. The van der Waals surface area contributed by atoms with Crippen molar-refractivity contribution in [2.75, 3.05) is 6.54 Å². The Bertz CT molecular complexity index is 1050. The molecule has 0 heterocycles. The van der Waals surface area contributed by atoms with Crippen LogP contribution >= 0.6 is 0 Å². The zero-order chi connectivity index (χ0) is 29.0. The molecule has 0 aliphatic heterocycles. The predicted molar refractivity (Wildman–Crippen MR) is 156 cm³/mol. The molecule has 0 radical (unpaired) electrons. The first-order valence-electron chi connectivity index (χ1n) is 14.1. The minimum atomic E-state index is -0.909. The Balaban J connectivity index is 2.52. The van der Waals surface area contributed by atoms with Crippen LogP contribution in [0.3, 0.4) is 0 Å². The first kappa shape index (κ1) is 31.9. The zero-order valence-electron chi connectivity index (χ0n) is 24.8. The summed E-state index contributed by atoms with van der Waals surface area (Å²) in [5.74, 6) is -0.556. The molecule has 7 nitrogen and oxygen atoms in total. The van der Waals surface area contributed by atoms with Crippen molar-refractivity contribution < 1.29 is 19.1 Å². The van der Waals surface area contributed by atoms with Crippen LogP contribution in [0.25, 0.3) is 0 Å². The maximum Gasteiger partial charge on any atom is 0.408 e. The molecule has 2 N–H and O–H groups in total. The largest absolute Gasteiger partial charge is 0.444 e. The Labute approximate surface area is 234 Å². The number of aryl methyl sites for hydroxylation is 1. The summed E-state index contributed by atoms with van der Waals surface area (Å²) in [7, 11) is 0. The van der Waals surface area contributed by atoms with E-state index in [1.54, 1.807) is 25.7 Å². The third kappa shape index (κ3) is 11.1. The van der Waals surface area contributed by atoms with E-state index in [1.807, 2.05) is 75.4 Å². The number of benzene rings is 2. The molecule has 2 rings (SSSR count). The lowest BCUT2D eigenvalue weighted by atomic mass is 9.99. The molecule has 0 bridgehead atoms. The minimum Gasteiger partial charge on any atom is -0.444 e. The van der Waals surface area contributed by atoms with Crippen LogP contribution in [-0.4, -0.2) is 47.0 Å². The van der Waals surface area contributed by atoms with Crippen LogP contribution in [0, 0.1) is 6.92 Å². The normalized spacial score (nSPS) is 12.9. The van der Waals surface area contributed by atoms with Gasteiger partial charge in [-0.25, -0.2) is 4.79 Å². The smallest absolute Gasteiger partial charge is 0.408 e. The topological polar surface area (TPSA) is 87.7 Å². The highest BCUT2D eigenvalue weighted by molar-refractivity contribution is 5.92. The second-order valence-electron chi connectivity index (χ2n) is 11.5. The minimum absolute atomic E-state index is 0.0949. The number of unbranched alkanes of at least 4 members (excludes halogenated alkanes) is 3. The van der Waals surface area contributed by atoms with Crippen molar-refractivity contribution in [1.82, 2.24) is 15.5 Å². The lowest BCUT2D eigenvalue weighted by Crippen LogP contribution is -2.54. The van der Waals surface area contributed by atoms with Gasteiger partial charge in [-0.1, -0.05) is 86.3 Å². The lowest BCUT2D eigenvalue weighted by Gasteiger charge is -2.35. The van der Waals surface area contributed by atoms with Gasteiger partial charge in [0.15, 0.2) is 0 Å². The van der Waals surface area contributed by atoms with Gasteiger partial charge in [-0.05, 0) is 59.1 Å². The maximum absolute atomic E-state index is 14.4. The van der Waals surface area contributed by atoms with Crippen LogP contribution in [0.1, 0.15) is 90.0 Å². The van der Waals surface area contributed by atoms with Gasteiger partial charge >= 0.3 is 6.09 Å². The molecule has 7 heteroatoms. The van der Waals surface area contributed by atoms with Gasteiger partial charge in [0, 0.05) is 19.0 Å². The van der Waals surface area contributed by atoms with Crippen molar-refractivity contribution in [1.29, 1.82) is 0 Å². The summed E-state index contributed by atoms with van der Waals surface area (Å²) in [6.45, 7) is 13.7. The Morgan fingerprint density at radius 2 is 1.54 bits per heavy atom. The molecule has 2 unspecified atom stereocenters. The number of alkyl carbamates (subject to hydrolysis) is 1. The number of hydrogen-bond donors (Lipinski definition) is 2. The number of amides is 3. The molecule has 2 atom stereocenters. The number of hydrogen-bond acceptors (Lipinski definition) is 4. The number of carbonyl (C=O) groups excluding carboxylic acids is 3. The predicted octanol–water partition coefficient (Wildman–Crippen LogP) is 6.11. The second-order valence-corrected chi connectivity index (χ2v) is 11.5. The van der Waals surface area contributed by atoms with E-state index in [9.17, 15) is 14.4 Å². The molecule has 214 valence electrons. The first-order chi connectivity index (χ1) is 18.4. The van der Waals surface area contributed by atoms with Gasteiger partial charge < -0.3 is 20.3 Å². The summed E-state index contributed by atoms with van der Waals surface area (Å²) < 4.78 is 5.51. The van der Waals surface area contributed by atoms with E-state index >= 15 is 0 Å². The van der Waals surface area contributed by atoms with Gasteiger partial charge in [0.25, 0.3) is 0 Å². The molecule has 0 saturated heterocycles. The third-order valence-electron chi connectivity index (χ3n) is 6.19. The number of carbonyl (C=O) groups is 3. The molecule has 0 aromatic heterocycles. The fourth-order valence-electron chi connectivity index (χ4n) is 4.36. The number of nitrogens with one attached hydrogen (secondary N) is 2. The summed E-state index contributed by atoms with van der Waals surface area (Å²) in [6.07, 6.45) is 3.40. The molecular weight excluding hydrogens is 490 g/mol. The van der Waals surface area contributed by atoms with Crippen LogP contribution in [0.2, 0.25) is 0 Å². The first-order valence-corrected chi connectivity index (χ1v) is 14.1. The van der Waals surface area contributed by atoms with Crippen LogP contribution in [0.15, 0.2) is 54.6 Å². The van der Waals surface area contributed by atoms with Crippen molar-refractivity contribution in [3.05, 3.63) is 71.3 Å². The Kier molecular flexibility index (Phi) is 12.5. The summed E-state index contributed by atoms with van der Waals surface area (Å²) in [5, 5.41) is 5.82. The number of ether oxygens (including phenoxy) is 1. The molecular formula is C32H47N3O4. The molecule has 2 aromatic rings. The summed E-state index contributed by atoms with van der Waals surface area (Å²) in [6, 6.07) is 15.4. The van der Waals surface area contributed by atoms with Crippen molar-refractivity contribution in [2.24, 2.45) is 0 Å². The highest BCUT2D eigenvalue weighted by Gasteiger charge is 2.36. The molecule has 0 spiro atoms. The fourth-order valence-corrected chi connectivity index (χ4v) is 4.36. The van der Waals surface area contributed by atoms with E-state index in [0.717, 1.165) is 42.4 Å².